The van der Waals surface area contributed by atoms with Crippen molar-refractivity contribution in [2.75, 3.05) is 7.11 Å². The van der Waals surface area contributed by atoms with Crippen LogP contribution < -0.4 is 10.1 Å². The maximum Gasteiger partial charge on any atom is 0.328 e. The van der Waals surface area contributed by atoms with Gasteiger partial charge in [0.1, 0.15) is 12.1 Å². The van der Waals surface area contributed by atoms with Crippen LogP contribution in [0.3, 0.4) is 0 Å². The van der Waals surface area contributed by atoms with Crippen molar-refractivity contribution in [1.29, 1.82) is 0 Å². The summed E-state index contributed by atoms with van der Waals surface area (Å²) in [5.74, 6) is -2.79. The Balaban J connectivity index is 2.27. The van der Waals surface area contributed by atoms with Crippen LogP contribution in [-0.2, 0) is 14.3 Å². The molecule has 2 heterocycles. The molecule has 1 fully saturated rings. The number of carbonyl (C=O) groups excluding carboxylic acids is 2. The molecule has 0 saturated carbocycles. The summed E-state index contributed by atoms with van der Waals surface area (Å²) < 4.78 is 10.8. The number of pyridine rings is 1. The number of aromatic hydroxyl groups is 1. The number of carbonyl (C=O) groups is 3. The Labute approximate surface area is 194 Å². The van der Waals surface area contributed by atoms with Crippen LogP contribution >= 0.6 is 0 Å². The van der Waals surface area contributed by atoms with E-state index in [-0.39, 0.29) is 29.7 Å². The van der Waals surface area contributed by atoms with Crippen molar-refractivity contribution in [3.8, 4) is 11.5 Å². The molecule has 1 aliphatic heterocycles. The van der Waals surface area contributed by atoms with Crippen LogP contribution in [0.1, 0.15) is 76.7 Å². The lowest BCUT2D eigenvalue weighted by molar-refractivity contribution is -0.158. The quantitative estimate of drug-likeness (QED) is 0.497. The SMILES string of the molecule is CCCC[C@@H]1[C@H](C)OC(=O)[C@@H](NC(=O)c2nccc(OC)c2O)CCC[C@@H]1C(C)(C)C(=O)O. The van der Waals surface area contributed by atoms with Crippen LogP contribution in [-0.4, -0.2) is 52.3 Å². The summed E-state index contributed by atoms with van der Waals surface area (Å²) in [5.41, 5.74) is -1.24. The molecule has 0 aromatic carbocycles. The van der Waals surface area contributed by atoms with E-state index in [0.29, 0.717) is 12.8 Å². The van der Waals surface area contributed by atoms with Gasteiger partial charge in [0.2, 0.25) is 0 Å². The highest BCUT2D eigenvalue weighted by molar-refractivity contribution is 5.97. The topological polar surface area (TPSA) is 135 Å². The minimum absolute atomic E-state index is 0.0957. The molecule has 1 aromatic heterocycles. The second kappa shape index (κ2) is 11.3. The standard InChI is InChI=1S/C24H36N2O7/c1-6-7-9-15-14(2)33-22(29)17(11-8-10-16(15)24(3,4)23(30)31)26-21(28)19-20(27)18(32-5)12-13-25-19/h12-17,27H,6-11H2,1-5H3,(H,26,28)(H,30,31)/t14-,15+,16-,17-/m0/s1. The molecule has 3 N–H and O–H groups in total. The third-order valence-electron chi connectivity index (χ3n) is 6.71. The number of aliphatic carboxylic acids is 1. The molecule has 184 valence electrons. The van der Waals surface area contributed by atoms with E-state index in [1.165, 1.54) is 19.4 Å². The molecule has 1 saturated heterocycles. The van der Waals surface area contributed by atoms with Crippen molar-refractivity contribution in [2.24, 2.45) is 17.3 Å². The van der Waals surface area contributed by atoms with E-state index < -0.39 is 41.2 Å². The summed E-state index contributed by atoms with van der Waals surface area (Å²) in [5, 5.41) is 22.7. The van der Waals surface area contributed by atoms with Gasteiger partial charge in [-0.15, -0.1) is 0 Å². The van der Waals surface area contributed by atoms with Crippen LogP contribution in [0.25, 0.3) is 0 Å². The van der Waals surface area contributed by atoms with Crippen molar-refractivity contribution in [3.05, 3.63) is 18.0 Å². The molecular weight excluding hydrogens is 428 g/mol. The number of rotatable bonds is 8. The molecule has 0 bridgehead atoms. The number of ether oxygens (including phenoxy) is 2. The molecule has 9 heteroatoms. The molecule has 9 nitrogen and oxygen atoms in total. The van der Waals surface area contributed by atoms with E-state index >= 15 is 0 Å². The average Bonchev–Trinajstić information content (AvgIpc) is 2.81. The number of cyclic esters (lactones) is 1. The Morgan fingerprint density at radius 3 is 2.64 bits per heavy atom. The largest absolute Gasteiger partial charge is 0.503 e. The van der Waals surface area contributed by atoms with E-state index in [4.69, 9.17) is 9.47 Å². The predicted octanol–water partition coefficient (Wildman–Crippen LogP) is 3.54. The fourth-order valence-corrected chi connectivity index (χ4v) is 4.61. The van der Waals surface area contributed by atoms with Crippen molar-refractivity contribution in [3.63, 3.8) is 0 Å². The second-order valence-corrected chi connectivity index (χ2v) is 9.25. The lowest BCUT2D eigenvalue weighted by Gasteiger charge is -2.39. The van der Waals surface area contributed by atoms with Gasteiger partial charge >= 0.3 is 11.9 Å². The maximum absolute atomic E-state index is 13.0. The molecule has 0 unspecified atom stereocenters. The third kappa shape index (κ3) is 6.15. The van der Waals surface area contributed by atoms with Gasteiger partial charge < -0.3 is 25.0 Å². The number of carboxylic acid groups (broad SMARTS) is 1. The van der Waals surface area contributed by atoms with E-state index in [1.807, 2.05) is 0 Å². The summed E-state index contributed by atoms with van der Waals surface area (Å²) >= 11 is 0. The second-order valence-electron chi connectivity index (χ2n) is 9.25. The first-order valence-corrected chi connectivity index (χ1v) is 11.5. The number of nitrogens with one attached hydrogen (secondary N) is 1. The molecule has 2 rings (SSSR count). The summed E-state index contributed by atoms with van der Waals surface area (Å²) in [6.07, 6.45) is 4.84. The van der Waals surface area contributed by atoms with Gasteiger partial charge in [-0.3, -0.25) is 9.59 Å². The van der Waals surface area contributed by atoms with Crippen molar-refractivity contribution >= 4 is 17.8 Å². The first-order valence-electron chi connectivity index (χ1n) is 11.5. The smallest absolute Gasteiger partial charge is 0.328 e. The summed E-state index contributed by atoms with van der Waals surface area (Å²) in [6.45, 7) is 7.31. The first-order chi connectivity index (χ1) is 15.5. The molecule has 4 atom stereocenters. The fourth-order valence-electron chi connectivity index (χ4n) is 4.61. The molecule has 0 spiro atoms. The number of amides is 1. The van der Waals surface area contributed by atoms with Gasteiger partial charge in [0.25, 0.3) is 5.91 Å². The maximum atomic E-state index is 13.0. The van der Waals surface area contributed by atoms with Crippen LogP contribution in [0.4, 0.5) is 0 Å². The zero-order chi connectivity index (χ0) is 24.8. The third-order valence-corrected chi connectivity index (χ3v) is 6.71. The summed E-state index contributed by atoms with van der Waals surface area (Å²) in [4.78, 5) is 41.7. The van der Waals surface area contributed by atoms with E-state index in [9.17, 15) is 24.6 Å². The van der Waals surface area contributed by atoms with Crippen molar-refractivity contribution in [1.82, 2.24) is 10.3 Å². The average molecular weight is 465 g/mol. The highest BCUT2D eigenvalue weighted by Gasteiger charge is 2.44. The van der Waals surface area contributed by atoms with Crippen molar-refractivity contribution < 1.29 is 34.1 Å². The summed E-state index contributed by atoms with van der Waals surface area (Å²) in [6, 6.07) is 0.480. The number of aromatic nitrogens is 1. The van der Waals surface area contributed by atoms with Crippen molar-refractivity contribution in [2.45, 2.75) is 78.4 Å². The van der Waals surface area contributed by atoms with Gasteiger partial charge in [-0.2, -0.15) is 0 Å². The molecule has 1 aromatic rings. The number of nitrogens with zero attached hydrogens (tertiary/aromatic N) is 1. The van der Waals surface area contributed by atoms with Gasteiger partial charge in [-0.1, -0.05) is 26.2 Å². The highest BCUT2D eigenvalue weighted by atomic mass is 16.5. The Bertz CT molecular complexity index is 855. The normalized spacial score (nSPS) is 24.1. The number of carboxylic acids is 1. The fraction of sp³-hybridized carbons (Fsp3) is 0.667. The molecular formula is C24H36N2O7. The minimum Gasteiger partial charge on any atom is -0.503 e. The van der Waals surface area contributed by atoms with Gasteiger partial charge in [0, 0.05) is 12.3 Å². The molecule has 0 aliphatic carbocycles. The van der Waals surface area contributed by atoms with E-state index in [1.54, 1.807) is 20.8 Å². The minimum atomic E-state index is -0.988. The molecule has 1 aliphatic rings. The molecule has 1 amide bonds. The zero-order valence-electron chi connectivity index (χ0n) is 20.1. The number of hydrogen-bond acceptors (Lipinski definition) is 7. The number of hydrogen-bond donors (Lipinski definition) is 3. The van der Waals surface area contributed by atoms with E-state index in [0.717, 1.165) is 19.3 Å². The van der Waals surface area contributed by atoms with Crippen LogP contribution in [0.5, 0.6) is 11.5 Å². The van der Waals surface area contributed by atoms with Gasteiger partial charge in [-0.25, -0.2) is 9.78 Å². The lowest BCUT2D eigenvalue weighted by atomic mass is 9.66. The van der Waals surface area contributed by atoms with Crippen LogP contribution in [0, 0.1) is 17.3 Å². The zero-order valence-corrected chi connectivity index (χ0v) is 20.1. The number of esters is 1. The summed E-state index contributed by atoms with van der Waals surface area (Å²) in [7, 11) is 1.36. The van der Waals surface area contributed by atoms with Crippen LogP contribution in [0.2, 0.25) is 0 Å². The Kier molecular flexibility index (Phi) is 9.07. The van der Waals surface area contributed by atoms with Gasteiger partial charge in [0.15, 0.2) is 17.2 Å². The predicted molar refractivity (Wildman–Crippen MR) is 121 cm³/mol. The van der Waals surface area contributed by atoms with Crippen LogP contribution in [0.15, 0.2) is 12.3 Å². The number of methoxy groups -OCH3 is 1. The Morgan fingerprint density at radius 2 is 2.03 bits per heavy atom. The molecule has 0 radical (unpaired) electrons. The van der Waals surface area contributed by atoms with E-state index in [2.05, 4.69) is 17.2 Å². The monoisotopic (exact) mass is 464 g/mol. The molecule has 33 heavy (non-hydrogen) atoms. The highest BCUT2D eigenvalue weighted by Crippen LogP contribution is 2.42. The van der Waals surface area contributed by atoms with Gasteiger partial charge in [-0.05, 0) is 51.9 Å². The first kappa shape index (κ1) is 26.4. The lowest BCUT2D eigenvalue weighted by Crippen LogP contribution is -2.44. The van der Waals surface area contributed by atoms with Gasteiger partial charge in [0.05, 0.1) is 12.5 Å². The Hall–Kier alpha value is -2.84. The Morgan fingerprint density at radius 1 is 1.33 bits per heavy atom. The number of unbranched alkanes of at least 4 members (excludes halogenated alkanes) is 1.